The third kappa shape index (κ3) is 5.36. The van der Waals surface area contributed by atoms with E-state index in [1.165, 1.54) is 0 Å². The van der Waals surface area contributed by atoms with Crippen LogP contribution in [0.4, 0.5) is 17.6 Å². The quantitative estimate of drug-likeness (QED) is 0.526. The monoisotopic (exact) mass is 218 g/mol. The Morgan fingerprint density at radius 2 is 1.86 bits per heavy atom. The molecule has 14 heavy (non-hydrogen) atoms. The van der Waals surface area contributed by atoms with E-state index in [1.54, 1.807) is 0 Å². The van der Waals surface area contributed by atoms with Crippen molar-refractivity contribution in [3.05, 3.63) is 0 Å². The highest BCUT2D eigenvalue weighted by molar-refractivity contribution is 4.69. The van der Waals surface area contributed by atoms with Gasteiger partial charge >= 0.3 is 12.5 Å². The minimum absolute atomic E-state index is 0.305. The molecule has 0 aromatic heterocycles. The van der Waals surface area contributed by atoms with Crippen molar-refractivity contribution in [3.63, 3.8) is 0 Å². The summed E-state index contributed by atoms with van der Waals surface area (Å²) in [6, 6.07) is 0. The van der Waals surface area contributed by atoms with Gasteiger partial charge in [0.05, 0.1) is 26.4 Å². The fourth-order valence-electron chi connectivity index (χ4n) is 0.431. The largest absolute Gasteiger partial charge is 0.416 e. The maximum atomic E-state index is 11.9. The molecule has 2 fully saturated rings. The number of hydrogen-bond donors (Lipinski definition) is 0. The zero-order valence-electron chi connectivity index (χ0n) is 7.22. The predicted molar refractivity (Wildman–Crippen MR) is 37.5 cm³/mol. The molecular weight excluding hydrogens is 208 g/mol. The van der Waals surface area contributed by atoms with Gasteiger partial charge in [0, 0.05) is 0 Å². The second kappa shape index (κ2) is 4.90. The Labute approximate surface area is 77.9 Å². The molecule has 7 heteroatoms. The third-order valence-corrected chi connectivity index (χ3v) is 1.32. The van der Waals surface area contributed by atoms with Gasteiger partial charge in [-0.1, -0.05) is 0 Å². The van der Waals surface area contributed by atoms with Crippen LogP contribution in [-0.4, -0.2) is 45.1 Å². The lowest BCUT2D eigenvalue weighted by Crippen LogP contribution is -2.31. The predicted octanol–water partition coefficient (Wildman–Crippen LogP) is 1.28. The second-order valence-electron chi connectivity index (χ2n) is 2.74. The van der Waals surface area contributed by atoms with E-state index in [1.807, 2.05) is 0 Å². The fourth-order valence-corrected chi connectivity index (χ4v) is 0.431. The molecule has 1 atom stereocenters. The number of hydrogen-bond acceptors (Lipinski definition) is 3. The molecule has 0 spiro atoms. The van der Waals surface area contributed by atoms with Crippen molar-refractivity contribution < 1.29 is 31.8 Å². The Kier molecular flexibility index (Phi) is 4.09. The van der Waals surface area contributed by atoms with Gasteiger partial charge in [0.2, 0.25) is 0 Å². The summed E-state index contributed by atoms with van der Waals surface area (Å²) < 4.78 is 59.1. The summed E-state index contributed by atoms with van der Waals surface area (Å²) in [7, 11) is 0. The van der Waals surface area contributed by atoms with Gasteiger partial charge in [0.25, 0.3) is 0 Å². The topological polar surface area (TPSA) is 34.3 Å². The summed E-state index contributed by atoms with van der Waals surface area (Å²) in [6.45, 7) is 1.83. The van der Waals surface area contributed by atoms with E-state index < -0.39 is 25.2 Å². The first-order valence-electron chi connectivity index (χ1n) is 4.01. The fraction of sp³-hybridized carbons (Fsp3) is 1.00. The number of epoxide rings is 2. The highest BCUT2D eigenvalue weighted by atomic mass is 19.3. The van der Waals surface area contributed by atoms with Crippen LogP contribution < -0.4 is 0 Å². The number of ether oxygens (including phenoxy) is 3. The van der Waals surface area contributed by atoms with Crippen LogP contribution in [0.15, 0.2) is 0 Å². The van der Waals surface area contributed by atoms with Gasteiger partial charge in [-0.05, 0) is 0 Å². The van der Waals surface area contributed by atoms with Gasteiger partial charge in [-0.2, -0.15) is 8.78 Å². The summed E-state index contributed by atoms with van der Waals surface area (Å²) in [5.41, 5.74) is 0. The molecule has 1 unspecified atom stereocenters. The summed E-state index contributed by atoms with van der Waals surface area (Å²) in [6.07, 6.45) is -8.55. The Balaban J connectivity index is 0.000000276. The molecular formula is C7H10F4O3. The highest BCUT2D eigenvalue weighted by Gasteiger charge is 2.43. The van der Waals surface area contributed by atoms with Crippen molar-refractivity contribution >= 4 is 0 Å². The Morgan fingerprint density at radius 1 is 1.36 bits per heavy atom. The molecule has 2 aliphatic rings. The van der Waals surface area contributed by atoms with Crippen LogP contribution in [0.1, 0.15) is 0 Å². The molecule has 0 aliphatic carbocycles. The van der Waals surface area contributed by atoms with Crippen LogP contribution in [0.25, 0.3) is 0 Å². The minimum Gasteiger partial charge on any atom is -0.377 e. The first-order valence-corrected chi connectivity index (χ1v) is 4.01. The van der Waals surface area contributed by atoms with Gasteiger partial charge in [0.15, 0.2) is 0 Å². The van der Waals surface area contributed by atoms with Gasteiger partial charge in [0.1, 0.15) is 6.10 Å². The van der Waals surface area contributed by atoms with Crippen LogP contribution in [0.2, 0.25) is 0 Å². The maximum Gasteiger partial charge on any atom is 0.416 e. The molecule has 0 radical (unpaired) electrons. The minimum atomic E-state index is -4.34. The molecule has 2 saturated heterocycles. The molecule has 0 saturated carbocycles. The SMILES string of the molecule is C1CO1.FC(F)C(F)(F)OCC1CO1. The van der Waals surface area contributed by atoms with E-state index in [4.69, 9.17) is 0 Å². The van der Waals surface area contributed by atoms with Gasteiger partial charge < -0.3 is 14.2 Å². The Morgan fingerprint density at radius 3 is 2.14 bits per heavy atom. The van der Waals surface area contributed by atoms with Crippen molar-refractivity contribution in [1.82, 2.24) is 0 Å². The van der Waals surface area contributed by atoms with E-state index in [0.717, 1.165) is 13.2 Å². The molecule has 2 rings (SSSR count). The van der Waals surface area contributed by atoms with E-state index in [9.17, 15) is 17.6 Å². The third-order valence-electron chi connectivity index (χ3n) is 1.32. The normalized spacial score (nSPS) is 24.2. The molecule has 3 nitrogen and oxygen atoms in total. The van der Waals surface area contributed by atoms with Crippen molar-refractivity contribution in [1.29, 1.82) is 0 Å². The zero-order chi connectivity index (χ0) is 10.6. The van der Waals surface area contributed by atoms with Crippen LogP contribution in [0.5, 0.6) is 0 Å². The Hall–Kier alpha value is -0.400. The standard InChI is InChI=1S/C5H6F4O2.C2H4O/c6-4(7)5(8,9)11-2-3-1-10-3;1-2-3-1/h3-4H,1-2H2;1-2H2. The van der Waals surface area contributed by atoms with Crippen molar-refractivity contribution in [2.75, 3.05) is 26.4 Å². The molecule has 0 aromatic carbocycles. The zero-order valence-corrected chi connectivity index (χ0v) is 7.22. The van der Waals surface area contributed by atoms with Gasteiger partial charge in [-0.3, -0.25) is 0 Å². The van der Waals surface area contributed by atoms with Crippen LogP contribution in [0.3, 0.4) is 0 Å². The van der Waals surface area contributed by atoms with Gasteiger partial charge in [-0.25, -0.2) is 8.78 Å². The molecule has 0 amide bonds. The molecule has 0 bridgehead atoms. The molecule has 0 aromatic rings. The first-order chi connectivity index (χ1) is 6.52. The molecule has 2 heterocycles. The summed E-state index contributed by atoms with van der Waals surface area (Å²) >= 11 is 0. The van der Waals surface area contributed by atoms with Crippen LogP contribution in [-0.2, 0) is 14.2 Å². The van der Waals surface area contributed by atoms with E-state index in [2.05, 4.69) is 14.2 Å². The van der Waals surface area contributed by atoms with Crippen molar-refractivity contribution in [2.24, 2.45) is 0 Å². The average molecular weight is 218 g/mol. The lowest BCUT2D eigenvalue weighted by atomic mass is 10.5. The highest BCUT2D eigenvalue weighted by Crippen LogP contribution is 2.25. The first kappa shape index (κ1) is 11.7. The number of halogens is 4. The molecule has 2 aliphatic heterocycles. The second-order valence-corrected chi connectivity index (χ2v) is 2.74. The lowest BCUT2D eigenvalue weighted by molar-refractivity contribution is -0.301. The van der Waals surface area contributed by atoms with E-state index in [0.29, 0.717) is 6.61 Å². The average Bonchev–Trinajstić information content (AvgIpc) is 2.92. The lowest BCUT2D eigenvalue weighted by Gasteiger charge is -2.14. The molecule has 0 N–H and O–H groups in total. The van der Waals surface area contributed by atoms with E-state index >= 15 is 0 Å². The van der Waals surface area contributed by atoms with Crippen molar-refractivity contribution in [2.45, 2.75) is 18.6 Å². The summed E-state index contributed by atoms with van der Waals surface area (Å²) in [5.74, 6) is 0. The van der Waals surface area contributed by atoms with Crippen LogP contribution in [0, 0.1) is 0 Å². The summed E-state index contributed by atoms with van der Waals surface area (Å²) in [4.78, 5) is 0. The van der Waals surface area contributed by atoms with E-state index in [-0.39, 0.29) is 0 Å². The Bertz CT molecular complexity index is 168. The number of alkyl halides is 4. The van der Waals surface area contributed by atoms with Gasteiger partial charge in [-0.15, -0.1) is 0 Å². The number of rotatable bonds is 4. The maximum absolute atomic E-state index is 11.9. The van der Waals surface area contributed by atoms with Crippen LogP contribution >= 0.6 is 0 Å². The summed E-state index contributed by atoms with van der Waals surface area (Å²) in [5, 5.41) is 0. The molecule has 84 valence electrons. The van der Waals surface area contributed by atoms with Crippen molar-refractivity contribution in [3.8, 4) is 0 Å². The smallest absolute Gasteiger partial charge is 0.377 e.